The van der Waals surface area contributed by atoms with Gasteiger partial charge in [-0.2, -0.15) is 5.10 Å². The quantitative estimate of drug-likeness (QED) is 0.176. The summed E-state index contributed by atoms with van der Waals surface area (Å²) in [5.41, 5.74) is 7.07. The number of anilines is 2. The highest BCUT2D eigenvalue weighted by Crippen LogP contribution is 2.43. The number of likely N-dealkylation sites (tertiary alicyclic amines) is 2. The molecule has 2 fully saturated rings. The van der Waals surface area contributed by atoms with Crippen molar-refractivity contribution in [2.24, 2.45) is 0 Å². The van der Waals surface area contributed by atoms with Crippen LogP contribution in [0.2, 0.25) is 10.0 Å². The fourth-order valence-electron chi connectivity index (χ4n) is 7.41. The third kappa shape index (κ3) is 6.01. The number of aliphatic hydroxyl groups excluding tert-OH is 2. The third-order valence-electron chi connectivity index (χ3n) is 9.76. The van der Waals surface area contributed by atoms with Gasteiger partial charge in [0, 0.05) is 73.7 Å². The standard InChI is InChI=1S/C36H37Cl2N7O2/c37-33-26(4-1-6-28(33)30-17-32-31(8-3-13-45(32)42-30)44-15-11-25(47)21-44)27-5-2-7-29(34(27)38)41-36-35-23(9-12-39-36)16-22(18-40-35)19-43-14-10-24(46)20-43/h1-2,4-7,9,12,16-18,24-25,31,46-47H,3,8,10-11,13-15,19-21H2,(H,39,41)/t24-,25-,31?/m1/s1. The van der Waals surface area contributed by atoms with E-state index >= 15 is 0 Å². The van der Waals surface area contributed by atoms with E-state index in [1.54, 1.807) is 6.20 Å². The molecule has 2 aromatic carbocycles. The highest BCUT2D eigenvalue weighted by molar-refractivity contribution is 6.39. The van der Waals surface area contributed by atoms with Crippen molar-refractivity contribution in [3.63, 3.8) is 0 Å². The molecular weight excluding hydrogens is 633 g/mol. The number of nitrogens with one attached hydrogen (secondary N) is 1. The minimum Gasteiger partial charge on any atom is -0.392 e. The number of hydrogen-bond donors (Lipinski definition) is 3. The van der Waals surface area contributed by atoms with Crippen molar-refractivity contribution in [1.82, 2.24) is 29.5 Å². The Bertz CT molecular complexity index is 1950. The van der Waals surface area contributed by atoms with Crippen LogP contribution in [0.4, 0.5) is 11.5 Å². The van der Waals surface area contributed by atoms with Gasteiger partial charge in [0.15, 0.2) is 5.82 Å². The number of hydrogen-bond acceptors (Lipinski definition) is 8. The molecule has 242 valence electrons. The fourth-order valence-corrected chi connectivity index (χ4v) is 8.01. The first-order valence-corrected chi connectivity index (χ1v) is 17.2. The van der Waals surface area contributed by atoms with E-state index in [0.29, 0.717) is 34.6 Å². The van der Waals surface area contributed by atoms with Crippen LogP contribution < -0.4 is 5.32 Å². The van der Waals surface area contributed by atoms with Gasteiger partial charge in [-0.05, 0) is 55.5 Å². The van der Waals surface area contributed by atoms with Gasteiger partial charge < -0.3 is 15.5 Å². The van der Waals surface area contributed by atoms with Gasteiger partial charge in [0.2, 0.25) is 0 Å². The molecule has 0 bridgehead atoms. The number of nitrogens with zero attached hydrogens (tertiary/aromatic N) is 6. The molecule has 47 heavy (non-hydrogen) atoms. The normalized spacial score (nSPS) is 21.8. The molecule has 3 aromatic heterocycles. The van der Waals surface area contributed by atoms with Crippen LogP contribution in [0, 0.1) is 0 Å². The van der Waals surface area contributed by atoms with Gasteiger partial charge in [-0.1, -0.05) is 53.5 Å². The first-order valence-electron chi connectivity index (χ1n) is 16.4. The lowest BCUT2D eigenvalue weighted by molar-refractivity contribution is 0.144. The number of halogens is 2. The summed E-state index contributed by atoms with van der Waals surface area (Å²) in [6.45, 7) is 4.82. The molecule has 0 spiro atoms. The van der Waals surface area contributed by atoms with E-state index in [1.165, 1.54) is 5.69 Å². The fraction of sp³-hybridized carbons (Fsp3) is 0.361. The van der Waals surface area contributed by atoms with Crippen LogP contribution in [-0.2, 0) is 13.1 Å². The van der Waals surface area contributed by atoms with Crippen LogP contribution in [-0.4, -0.2) is 78.1 Å². The van der Waals surface area contributed by atoms with E-state index in [0.717, 1.165) is 90.7 Å². The van der Waals surface area contributed by atoms with Crippen LogP contribution >= 0.6 is 23.2 Å². The van der Waals surface area contributed by atoms with Crippen molar-refractivity contribution < 1.29 is 10.2 Å². The van der Waals surface area contributed by atoms with Gasteiger partial charge in [0.25, 0.3) is 0 Å². The van der Waals surface area contributed by atoms with E-state index in [4.69, 9.17) is 33.3 Å². The lowest BCUT2D eigenvalue weighted by atomic mass is 9.99. The van der Waals surface area contributed by atoms with Crippen molar-refractivity contribution in [3.8, 4) is 22.4 Å². The highest BCUT2D eigenvalue weighted by Gasteiger charge is 2.33. The predicted molar refractivity (Wildman–Crippen MR) is 186 cm³/mol. The number of aromatic nitrogens is 4. The molecule has 3 atom stereocenters. The van der Waals surface area contributed by atoms with Crippen LogP contribution in [0.5, 0.6) is 0 Å². The van der Waals surface area contributed by atoms with Crippen molar-refractivity contribution in [2.75, 3.05) is 31.5 Å². The average molecular weight is 671 g/mol. The molecule has 0 saturated carbocycles. The molecule has 0 amide bonds. The molecule has 0 aliphatic carbocycles. The lowest BCUT2D eigenvalue weighted by Gasteiger charge is -2.31. The monoisotopic (exact) mass is 669 g/mol. The number of rotatable bonds is 7. The predicted octanol–water partition coefficient (Wildman–Crippen LogP) is 6.68. The summed E-state index contributed by atoms with van der Waals surface area (Å²) in [5.74, 6) is 0.619. The van der Waals surface area contributed by atoms with Gasteiger partial charge in [-0.15, -0.1) is 0 Å². The maximum atomic E-state index is 10.2. The molecule has 9 nitrogen and oxygen atoms in total. The summed E-state index contributed by atoms with van der Waals surface area (Å²) in [5, 5.41) is 30.6. The Morgan fingerprint density at radius 1 is 0.830 bits per heavy atom. The van der Waals surface area contributed by atoms with Gasteiger partial charge in [0.05, 0.1) is 45.4 Å². The maximum absolute atomic E-state index is 10.2. The van der Waals surface area contributed by atoms with Gasteiger partial charge in [-0.25, -0.2) is 4.98 Å². The van der Waals surface area contributed by atoms with Crippen LogP contribution in [0.3, 0.4) is 0 Å². The summed E-state index contributed by atoms with van der Waals surface area (Å²) in [6, 6.07) is 18.4. The summed E-state index contributed by atoms with van der Waals surface area (Å²) in [4.78, 5) is 14.0. The molecule has 3 aliphatic heterocycles. The first kappa shape index (κ1) is 30.7. The maximum Gasteiger partial charge on any atom is 0.156 e. The van der Waals surface area contributed by atoms with Crippen molar-refractivity contribution in [2.45, 2.75) is 57.0 Å². The zero-order chi connectivity index (χ0) is 32.1. The molecular formula is C36H37Cl2N7O2. The summed E-state index contributed by atoms with van der Waals surface area (Å²) >= 11 is 14.3. The number of pyridine rings is 2. The van der Waals surface area contributed by atoms with Crippen molar-refractivity contribution >= 4 is 45.6 Å². The van der Waals surface area contributed by atoms with E-state index in [9.17, 15) is 10.2 Å². The molecule has 2 saturated heterocycles. The van der Waals surface area contributed by atoms with E-state index in [2.05, 4.69) is 36.9 Å². The number of β-amino-alcohol motifs (C(OH)–C–C–N with tert-alkyl or cyclic N) is 2. The Morgan fingerprint density at radius 3 is 2.43 bits per heavy atom. The first-order chi connectivity index (χ1) is 22.9. The zero-order valence-electron chi connectivity index (χ0n) is 26.0. The van der Waals surface area contributed by atoms with Crippen LogP contribution in [0.15, 0.2) is 67.0 Å². The van der Waals surface area contributed by atoms with E-state index in [-0.39, 0.29) is 18.2 Å². The topological polar surface area (TPSA) is 103 Å². The Morgan fingerprint density at radius 2 is 1.62 bits per heavy atom. The van der Waals surface area contributed by atoms with Gasteiger partial charge in [-0.3, -0.25) is 19.5 Å². The average Bonchev–Trinajstić information content (AvgIpc) is 3.82. The molecule has 1 unspecified atom stereocenters. The molecule has 5 aromatic rings. The smallest absolute Gasteiger partial charge is 0.156 e. The van der Waals surface area contributed by atoms with Gasteiger partial charge >= 0.3 is 0 Å². The van der Waals surface area contributed by atoms with Crippen molar-refractivity contribution in [1.29, 1.82) is 0 Å². The SMILES string of the molecule is O[C@@H]1CCN(Cc2cnc3c(Nc4cccc(-c5cccc(-c6cc7n(n6)CCCC7N6CC[C@@H](O)C6)c5Cl)c4Cl)nccc3c2)C1. The second-order valence-electron chi connectivity index (χ2n) is 13.0. The molecule has 0 radical (unpaired) electrons. The minimum atomic E-state index is -0.254. The second-order valence-corrected chi connectivity index (χ2v) is 13.7. The summed E-state index contributed by atoms with van der Waals surface area (Å²) < 4.78 is 2.11. The third-order valence-corrected chi connectivity index (χ3v) is 10.6. The Hall–Kier alpha value is -3.57. The number of aliphatic hydroxyl groups is 2. The Labute approximate surface area is 283 Å². The van der Waals surface area contributed by atoms with E-state index in [1.807, 2.05) is 48.7 Å². The van der Waals surface area contributed by atoms with E-state index < -0.39 is 0 Å². The summed E-state index contributed by atoms with van der Waals surface area (Å²) in [7, 11) is 0. The highest BCUT2D eigenvalue weighted by atomic mass is 35.5. The molecule has 6 heterocycles. The molecule has 8 rings (SSSR count). The molecule has 11 heteroatoms. The van der Waals surface area contributed by atoms with Crippen LogP contribution in [0.1, 0.15) is 43.0 Å². The zero-order valence-corrected chi connectivity index (χ0v) is 27.5. The van der Waals surface area contributed by atoms with Crippen LogP contribution in [0.25, 0.3) is 33.3 Å². The summed E-state index contributed by atoms with van der Waals surface area (Å²) in [6.07, 6.45) is 6.90. The Kier molecular flexibility index (Phi) is 8.37. The second kappa shape index (κ2) is 12.8. The number of fused-ring (bicyclic) bond motifs is 2. The number of aryl methyl sites for hydroxylation is 1. The largest absolute Gasteiger partial charge is 0.392 e. The lowest BCUT2D eigenvalue weighted by Crippen LogP contribution is -2.32. The Balaban J connectivity index is 1.07. The number of benzene rings is 2. The molecule has 3 aliphatic rings. The van der Waals surface area contributed by atoms with Gasteiger partial charge in [0.1, 0.15) is 5.52 Å². The molecule has 3 N–H and O–H groups in total. The minimum absolute atomic E-state index is 0.249. The van der Waals surface area contributed by atoms with Crippen molar-refractivity contribution in [3.05, 3.63) is 88.3 Å².